The minimum absolute atomic E-state index is 0.213. The van der Waals surface area contributed by atoms with Gasteiger partial charge in [-0.1, -0.05) is 24.3 Å². The lowest BCUT2D eigenvalue weighted by Gasteiger charge is -2.05. The molecule has 3 N–H and O–H groups in total. The molecule has 0 radical (unpaired) electrons. The lowest BCUT2D eigenvalue weighted by Crippen LogP contribution is -1.94. The number of aryl methyl sites for hydroxylation is 1. The summed E-state index contributed by atoms with van der Waals surface area (Å²) in [6, 6.07) is 7.41. The number of hydrogen-bond donors (Lipinski definition) is 2. The van der Waals surface area contributed by atoms with Gasteiger partial charge >= 0.3 is 0 Å². The Bertz CT molecular complexity index is 466. The highest BCUT2D eigenvalue weighted by atomic mass is 16.3. The molecule has 0 atom stereocenters. The predicted octanol–water partition coefficient (Wildman–Crippen LogP) is 1.83. The maximum Gasteiger partial charge on any atom is 0.144 e. The van der Waals surface area contributed by atoms with E-state index in [1.165, 1.54) is 0 Å². The highest BCUT2D eigenvalue weighted by Gasteiger charge is 2.06. The van der Waals surface area contributed by atoms with E-state index in [0.717, 1.165) is 10.8 Å². The molecule has 0 bridgehead atoms. The average molecular weight is 174 g/mol. The zero-order valence-electron chi connectivity index (χ0n) is 7.28. The van der Waals surface area contributed by atoms with Gasteiger partial charge in [-0.25, -0.2) is 4.98 Å². The minimum atomic E-state index is 0.213. The summed E-state index contributed by atoms with van der Waals surface area (Å²) in [4.78, 5) is 4.03. The minimum Gasteiger partial charge on any atom is -0.505 e. The number of aromatic nitrogens is 1. The van der Waals surface area contributed by atoms with Crippen molar-refractivity contribution >= 4 is 16.6 Å². The van der Waals surface area contributed by atoms with Crippen LogP contribution in [0.4, 0.5) is 5.82 Å². The summed E-state index contributed by atoms with van der Waals surface area (Å²) in [5, 5.41) is 11.2. The Morgan fingerprint density at radius 1 is 1.23 bits per heavy atom. The van der Waals surface area contributed by atoms with E-state index in [1.807, 2.05) is 24.3 Å². The largest absolute Gasteiger partial charge is 0.505 e. The standard InChI is InChI=1S/C10H10N2O/c1-6-9(13)7-4-2-3-5-8(7)10(11)12-6/h2-5,13H,1H3,(H2,11,12). The molecule has 0 aliphatic heterocycles. The zero-order valence-corrected chi connectivity index (χ0v) is 7.28. The molecule has 1 heterocycles. The van der Waals surface area contributed by atoms with Gasteiger partial charge in [0, 0.05) is 10.8 Å². The molecule has 2 rings (SSSR count). The fourth-order valence-corrected chi connectivity index (χ4v) is 1.40. The molecular formula is C10H10N2O. The van der Waals surface area contributed by atoms with Crippen molar-refractivity contribution in [3.8, 4) is 5.75 Å². The van der Waals surface area contributed by atoms with Crippen molar-refractivity contribution in [3.05, 3.63) is 30.0 Å². The van der Waals surface area contributed by atoms with Gasteiger partial charge in [-0.05, 0) is 6.92 Å². The molecule has 0 saturated heterocycles. The SMILES string of the molecule is Cc1nc(N)c2ccccc2c1O. The van der Waals surface area contributed by atoms with E-state index in [0.29, 0.717) is 11.5 Å². The van der Waals surface area contributed by atoms with Crippen molar-refractivity contribution < 1.29 is 5.11 Å². The van der Waals surface area contributed by atoms with Crippen LogP contribution in [0.3, 0.4) is 0 Å². The van der Waals surface area contributed by atoms with Gasteiger partial charge in [0.15, 0.2) is 0 Å². The first-order valence-electron chi connectivity index (χ1n) is 4.04. The highest BCUT2D eigenvalue weighted by Crippen LogP contribution is 2.29. The molecule has 0 amide bonds. The molecule has 3 heteroatoms. The van der Waals surface area contributed by atoms with Gasteiger partial charge in [0.25, 0.3) is 0 Å². The number of hydrogen-bond acceptors (Lipinski definition) is 3. The second-order valence-corrected chi connectivity index (χ2v) is 2.98. The first-order valence-corrected chi connectivity index (χ1v) is 4.04. The molecule has 0 aliphatic rings. The molecule has 66 valence electrons. The van der Waals surface area contributed by atoms with E-state index >= 15 is 0 Å². The highest BCUT2D eigenvalue weighted by molar-refractivity contribution is 5.95. The molecular weight excluding hydrogens is 164 g/mol. The van der Waals surface area contributed by atoms with Crippen LogP contribution < -0.4 is 5.73 Å². The first kappa shape index (κ1) is 7.86. The van der Waals surface area contributed by atoms with Crippen LogP contribution >= 0.6 is 0 Å². The molecule has 0 fully saturated rings. The summed E-state index contributed by atoms with van der Waals surface area (Å²) in [7, 11) is 0. The van der Waals surface area contributed by atoms with Gasteiger partial charge < -0.3 is 10.8 Å². The van der Waals surface area contributed by atoms with Crippen molar-refractivity contribution in [2.75, 3.05) is 5.73 Å². The van der Waals surface area contributed by atoms with Crippen LogP contribution in [-0.4, -0.2) is 10.1 Å². The number of aromatic hydroxyl groups is 1. The van der Waals surface area contributed by atoms with Gasteiger partial charge in [-0.3, -0.25) is 0 Å². The van der Waals surface area contributed by atoms with Crippen molar-refractivity contribution in [2.24, 2.45) is 0 Å². The Balaban J connectivity index is 2.97. The second-order valence-electron chi connectivity index (χ2n) is 2.98. The normalized spacial score (nSPS) is 10.5. The summed E-state index contributed by atoms with van der Waals surface area (Å²) in [6.07, 6.45) is 0. The van der Waals surface area contributed by atoms with Gasteiger partial charge in [0.05, 0.1) is 5.69 Å². The molecule has 0 aliphatic carbocycles. The molecule has 0 saturated carbocycles. The number of benzene rings is 1. The van der Waals surface area contributed by atoms with Crippen LogP contribution in [0.1, 0.15) is 5.69 Å². The maximum absolute atomic E-state index is 9.66. The smallest absolute Gasteiger partial charge is 0.144 e. The number of fused-ring (bicyclic) bond motifs is 1. The number of nitrogens with zero attached hydrogens (tertiary/aromatic N) is 1. The third-order valence-corrected chi connectivity index (χ3v) is 2.09. The average Bonchev–Trinajstić information content (AvgIpc) is 2.15. The van der Waals surface area contributed by atoms with E-state index in [2.05, 4.69) is 4.98 Å². The molecule has 3 nitrogen and oxygen atoms in total. The van der Waals surface area contributed by atoms with E-state index in [-0.39, 0.29) is 5.75 Å². The fourth-order valence-electron chi connectivity index (χ4n) is 1.40. The van der Waals surface area contributed by atoms with Crippen molar-refractivity contribution in [2.45, 2.75) is 6.92 Å². The monoisotopic (exact) mass is 174 g/mol. The van der Waals surface area contributed by atoms with E-state index in [1.54, 1.807) is 6.92 Å². The van der Waals surface area contributed by atoms with E-state index < -0.39 is 0 Å². The maximum atomic E-state index is 9.66. The summed E-state index contributed by atoms with van der Waals surface area (Å²) < 4.78 is 0. The molecule has 0 spiro atoms. The topological polar surface area (TPSA) is 59.1 Å². The first-order chi connectivity index (χ1) is 6.20. The Kier molecular flexibility index (Phi) is 1.59. The summed E-state index contributed by atoms with van der Waals surface area (Å²) in [5.74, 6) is 0.677. The van der Waals surface area contributed by atoms with Crippen molar-refractivity contribution in [3.63, 3.8) is 0 Å². The van der Waals surface area contributed by atoms with Crippen LogP contribution in [0.25, 0.3) is 10.8 Å². The quantitative estimate of drug-likeness (QED) is 0.640. The third kappa shape index (κ3) is 1.09. The Labute approximate surface area is 75.8 Å². The van der Waals surface area contributed by atoms with Crippen LogP contribution in [-0.2, 0) is 0 Å². The molecule has 1 aromatic heterocycles. The van der Waals surface area contributed by atoms with Gasteiger partial charge in [0.2, 0.25) is 0 Å². The summed E-state index contributed by atoms with van der Waals surface area (Å²) in [5.41, 5.74) is 6.27. The number of nitrogen functional groups attached to an aromatic ring is 1. The van der Waals surface area contributed by atoms with E-state index in [4.69, 9.17) is 5.73 Å². The Morgan fingerprint density at radius 2 is 1.85 bits per heavy atom. The molecule has 2 aromatic rings. The molecule has 13 heavy (non-hydrogen) atoms. The van der Waals surface area contributed by atoms with Crippen LogP contribution in [0.5, 0.6) is 5.75 Å². The third-order valence-electron chi connectivity index (χ3n) is 2.09. The summed E-state index contributed by atoms with van der Waals surface area (Å²) >= 11 is 0. The fraction of sp³-hybridized carbons (Fsp3) is 0.100. The predicted molar refractivity (Wildman–Crippen MR) is 52.6 cm³/mol. The molecule has 1 aromatic carbocycles. The summed E-state index contributed by atoms with van der Waals surface area (Å²) in [6.45, 7) is 1.73. The van der Waals surface area contributed by atoms with Crippen LogP contribution in [0, 0.1) is 6.92 Å². The number of pyridine rings is 1. The zero-order chi connectivity index (χ0) is 9.42. The van der Waals surface area contributed by atoms with E-state index in [9.17, 15) is 5.11 Å². The number of anilines is 1. The number of rotatable bonds is 0. The van der Waals surface area contributed by atoms with Crippen molar-refractivity contribution in [1.29, 1.82) is 0 Å². The Morgan fingerprint density at radius 3 is 2.54 bits per heavy atom. The van der Waals surface area contributed by atoms with Crippen LogP contribution in [0.2, 0.25) is 0 Å². The Hall–Kier alpha value is -1.77. The second kappa shape index (κ2) is 2.62. The van der Waals surface area contributed by atoms with Crippen LogP contribution in [0.15, 0.2) is 24.3 Å². The number of nitrogens with two attached hydrogens (primary N) is 1. The lowest BCUT2D eigenvalue weighted by molar-refractivity contribution is 0.474. The lowest BCUT2D eigenvalue weighted by atomic mass is 10.1. The van der Waals surface area contributed by atoms with Gasteiger partial charge in [0.1, 0.15) is 11.6 Å². The van der Waals surface area contributed by atoms with Crippen molar-refractivity contribution in [1.82, 2.24) is 4.98 Å². The molecule has 0 unspecified atom stereocenters. The van der Waals surface area contributed by atoms with Gasteiger partial charge in [-0.2, -0.15) is 0 Å². The van der Waals surface area contributed by atoms with Gasteiger partial charge in [-0.15, -0.1) is 0 Å².